The molecule has 0 aliphatic rings. The second-order valence-corrected chi connectivity index (χ2v) is 6.52. The van der Waals surface area contributed by atoms with Crippen molar-refractivity contribution in [2.45, 2.75) is 26.2 Å². The summed E-state index contributed by atoms with van der Waals surface area (Å²) in [4.78, 5) is 35.1. The number of benzene rings is 1. The van der Waals surface area contributed by atoms with E-state index in [0.29, 0.717) is 11.3 Å². The fraction of sp³-hybridized carbons (Fsp3) is 0.333. The molecule has 1 aromatic carbocycles. The van der Waals surface area contributed by atoms with E-state index in [0.717, 1.165) is 0 Å². The van der Waals surface area contributed by atoms with Crippen molar-refractivity contribution in [3.63, 3.8) is 0 Å². The molecule has 138 valence electrons. The number of carbonyl (C=O) groups is 3. The van der Waals surface area contributed by atoms with Crippen molar-refractivity contribution in [2.24, 2.45) is 0 Å². The lowest BCUT2D eigenvalue weighted by molar-refractivity contribution is -0.119. The van der Waals surface area contributed by atoms with Gasteiger partial charge in [0.2, 0.25) is 5.88 Å². The molecule has 2 aromatic rings. The van der Waals surface area contributed by atoms with E-state index in [1.807, 2.05) is 20.8 Å². The Morgan fingerprint density at radius 2 is 1.65 bits per heavy atom. The third-order valence-electron chi connectivity index (χ3n) is 3.42. The van der Waals surface area contributed by atoms with Crippen LogP contribution in [0.4, 0.5) is 5.88 Å². The molecule has 26 heavy (non-hydrogen) atoms. The van der Waals surface area contributed by atoms with Crippen molar-refractivity contribution in [3.05, 3.63) is 47.2 Å². The largest absolute Gasteiger partial charge is 0.465 e. The molecular formula is C18H20N2O6. The zero-order chi connectivity index (χ0) is 19.3. The summed E-state index contributed by atoms with van der Waals surface area (Å²) in [6.07, 6.45) is 0. The highest BCUT2D eigenvalue weighted by Crippen LogP contribution is 2.23. The molecule has 0 saturated carbocycles. The van der Waals surface area contributed by atoms with Gasteiger partial charge in [-0.25, -0.2) is 9.59 Å². The molecule has 8 nitrogen and oxygen atoms in total. The zero-order valence-electron chi connectivity index (χ0n) is 15.0. The van der Waals surface area contributed by atoms with Crippen molar-refractivity contribution < 1.29 is 28.4 Å². The number of methoxy groups -OCH3 is 1. The number of hydrogen-bond acceptors (Lipinski definition) is 7. The number of nitrogens with one attached hydrogen (secondary N) is 1. The number of ether oxygens (including phenoxy) is 2. The topological polar surface area (TPSA) is 108 Å². The van der Waals surface area contributed by atoms with Gasteiger partial charge in [0.15, 0.2) is 6.61 Å². The Bertz CT molecular complexity index is 802. The fourth-order valence-corrected chi connectivity index (χ4v) is 1.94. The summed E-state index contributed by atoms with van der Waals surface area (Å²) in [7, 11) is 1.27. The monoisotopic (exact) mass is 360 g/mol. The van der Waals surface area contributed by atoms with Crippen LogP contribution in [-0.4, -0.2) is 36.7 Å². The van der Waals surface area contributed by atoms with Gasteiger partial charge in [-0.15, -0.1) is 0 Å². The lowest BCUT2D eigenvalue weighted by Gasteiger charge is -2.12. The maximum Gasteiger partial charge on any atom is 0.338 e. The minimum atomic E-state index is -0.690. The van der Waals surface area contributed by atoms with Gasteiger partial charge in [-0.2, -0.15) is 0 Å². The highest BCUT2D eigenvalue weighted by Gasteiger charge is 2.20. The second-order valence-electron chi connectivity index (χ2n) is 6.52. The van der Waals surface area contributed by atoms with Crippen LogP contribution in [0.15, 0.2) is 34.9 Å². The van der Waals surface area contributed by atoms with E-state index in [1.165, 1.54) is 31.4 Å². The Morgan fingerprint density at radius 3 is 2.15 bits per heavy atom. The summed E-state index contributed by atoms with van der Waals surface area (Å²) < 4.78 is 14.5. The van der Waals surface area contributed by atoms with Gasteiger partial charge in [0.05, 0.1) is 23.9 Å². The third kappa shape index (κ3) is 4.92. The number of amides is 1. The minimum absolute atomic E-state index is 0.179. The number of hydrogen-bond donors (Lipinski definition) is 1. The van der Waals surface area contributed by atoms with Crippen LogP contribution in [-0.2, 0) is 19.7 Å². The fourth-order valence-electron chi connectivity index (χ4n) is 1.94. The van der Waals surface area contributed by atoms with Gasteiger partial charge in [-0.3, -0.25) is 10.1 Å². The second kappa shape index (κ2) is 7.81. The predicted octanol–water partition coefficient (Wildman–Crippen LogP) is 2.55. The van der Waals surface area contributed by atoms with Gasteiger partial charge < -0.3 is 14.0 Å². The third-order valence-corrected chi connectivity index (χ3v) is 3.42. The van der Waals surface area contributed by atoms with Crippen LogP contribution < -0.4 is 5.32 Å². The SMILES string of the molecule is COC(=O)c1ccc(C(=O)OCC(=O)Nc2cc(C(C)(C)C)no2)cc1. The van der Waals surface area contributed by atoms with E-state index in [1.54, 1.807) is 6.07 Å². The average Bonchev–Trinajstić information content (AvgIpc) is 3.08. The molecule has 1 aromatic heterocycles. The first-order valence-corrected chi connectivity index (χ1v) is 7.83. The number of rotatable bonds is 5. The molecule has 0 unspecified atom stereocenters. The van der Waals surface area contributed by atoms with E-state index >= 15 is 0 Å². The first-order chi connectivity index (χ1) is 12.2. The first kappa shape index (κ1) is 19.2. The van der Waals surface area contributed by atoms with Crippen molar-refractivity contribution in [1.29, 1.82) is 0 Å². The van der Waals surface area contributed by atoms with Crippen LogP contribution in [0, 0.1) is 0 Å². The van der Waals surface area contributed by atoms with Gasteiger partial charge in [0.25, 0.3) is 5.91 Å². The van der Waals surface area contributed by atoms with Crippen molar-refractivity contribution in [1.82, 2.24) is 5.16 Å². The molecule has 8 heteroatoms. The maximum atomic E-state index is 11.9. The summed E-state index contributed by atoms with van der Waals surface area (Å²) in [5, 5.41) is 6.34. The zero-order valence-corrected chi connectivity index (χ0v) is 15.0. The quantitative estimate of drug-likeness (QED) is 0.816. The minimum Gasteiger partial charge on any atom is -0.465 e. The lowest BCUT2D eigenvalue weighted by atomic mass is 9.92. The standard InChI is InChI=1S/C18H20N2O6/c1-18(2,3)13-9-15(26-20-13)19-14(21)10-25-17(23)12-7-5-11(6-8-12)16(22)24-4/h5-9H,10H2,1-4H3,(H,19,21). The van der Waals surface area contributed by atoms with Gasteiger partial charge in [0.1, 0.15) is 0 Å². The number of anilines is 1. The van der Waals surface area contributed by atoms with E-state index < -0.39 is 24.5 Å². The molecule has 0 spiro atoms. The Balaban J connectivity index is 1.87. The normalized spacial score (nSPS) is 10.9. The molecule has 1 heterocycles. The van der Waals surface area contributed by atoms with Crippen LogP contribution in [0.5, 0.6) is 0 Å². The van der Waals surface area contributed by atoms with Crippen molar-refractivity contribution >= 4 is 23.7 Å². The van der Waals surface area contributed by atoms with Crippen molar-refractivity contribution in [2.75, 3.05) is 19.0 Å². The molecule has 0 radical (unpaired) electrons. The van der Waals surface area contributed by atoms with Crippen molar-refractivity contribution in [3.8, 4) is 0 Å². The summed E-state index contributed by atoms with van der Waals surface area (Å²) >= 11 is 0. The maximum absolute atomic E-state index is 11.9. The number of carbonyl (C=O) groups excluding carboxylic acids is 3. The number of nitrogens with zero attached hydrogens (tertiary/aromatic N) is 1. The van der Waals surface area contributed by atoms with Crippen LogP contribution >= 0.6 is 0 Å². The average molecular weight is 360 g/mol. The number of aromatic nitrogens is 1. The highest BCUT2D eigenvalue weighted by atomic mass is 16.5. The molecule has 0 fully saturated rings. The summed E-state index contributed by atoms with van der Waals surface area (Å²) in [5.41, 5.74) is 0.993. The molecule has 0 saturated heterocycles. The van der Waals surface area contributed by atoms with Crippen LogP contribution in [0.3, 0.4) is 0 Å². The van der Waals surface area contributed by atoms with E-state index in [2.05, 4.69) is 15.2 Å². The summed E-state index contributed by atoms with van der Waals surface area (Å²) in [5.74, 6) is -1.57. The highest BCUT2D eigenvalue weighted by molar-refractivity contribution is 5.96. The Morgan fingerprint density at radius 1 is 1.08 bits per heavy atom. The molecule has 0 bridgehead atoms. The smallest absolute Gasteiger partial charge is 0.338 e. The van der Waals surface area contributed by atoms with Gasteiger partial charge >= 0.3 is 11.9 Å². The molecule has 1 amide bonds. The number of esters is 2. The van der Waals surface area contributed by atoms with E-state index in [9.17, 15) is 14.4 Å². The molecular weight excluding hydrogens is 340 g/mol. The van der Waals surface area contributed by atoms with E-state index in [4.69, 9.17) is 9.26 Å². The Hall–Kier alpha value is -3.16. The first-order valence-electron chi connectivity index (χ1n) is 7.83. The van der Waals surface area contributed by atoms with Crippen LogP contribution in [0.2, 0.25) is 0 Å². The summed E-state index contributed by atoms with van der Waals surface area (Å²) in [6.45, 7) is 5.40. The van der Waals surface area contributed by atoms with Crippen LogP contribution in [0.1, 0.15) is 47.2 Å². The van der Waals surface area contributed by atoms with E-state index in [-0.39, 0.29) is 16.9 Å². The summed E-state index contributed by atoms with van der Waals surface area (Å²) in [6, 6.07) is 7.32. The van der Waals surface area contributed by atoms with Crippen LogP contribution in [0.25, 0.3) is 0 Å². The lowest BCUT2D eigenvalue weighted by Crippen LogP contribution is -2.20. The predicted molar refractivity (Wildman–Crippen MR) is 91.9 cm³/mol. The molecule has 0 aliphatic heterocycles. The van der Waals surface area contributed by atoms with Gasteiger partial charge in [-0.05, 0) is 24.3 Å². The Labute approximate surface area is 150 Å². The van der Waals surface area contributed by atoms with Gasteiger partial charge in [0, 0.05) is 11.5 Å². The Kier molecular flexibility index (Phi) is 5.76. The van der Waals surface area contributed by atoms with Gasteiger partial charge in [-0.1, -0.05) is 25.9 Å². The molecule has 1 N–H and O–H groups in total. The molecule has 2 rings (SSSR count). The molecule has 0 atom stereocenters. The molecule has 0 aliphatic carbocycles.